The van der Waals surface area contributed by atoms with Crippen LogP contribution in [0, 0.1) is 3.57 Å². The Bertz CT molecular complexity index is 618. The molecule has 1 N–H and O–H groups in total. The predicted molar refractivity (Wildman–Crippen MR) is 87.7 cm³/mol. The van der Waals surface area contributed by atoms with Gasteiger partial charge in [0.15, 0.2) is 5.82 Å². The first-order valence-electron chi connectivity index (χ1n) is 7.00. The minimum absolute atomic E-state index is 0.610. The van der Waals surface area contributed by atoms with Crippen LogP contribution in [0.25, 0.3) is 11.5 Å². The monoisotopic (exact) mass is 383 g/mol. The van der Waals surface area contributed by atoms with Gasteiger partial charge in [-0.15, -0.1) is 0 Å². The summed E-state index contributed by atoms with van der Waals surface area (Å²) in [7, 11) is 1.92. The minimum atomic E-state index is 0.610. The van der Waals surface area contributed by atoms with Gasteiger partial charge >= 0.3 is 0 Å². The Morgan fingerprint density at radius 3 is 2.80 bits per heavy atom. The maximum Gasteiger partial charge on any atom is 0.180 e. The summed E-state index contributed by atoms with van der Waals surface area (Å²) in [5, 5.41) is 7.63. The topological polar surface area (TPSA) is 55.6 Å². The zero-order valence-corrected chi connectivity index (χ0v) is 13.9. The summed E-state index contributed by atoms with van der Waals surface area (Å²) in [6, 6.07) is 1.96. The lowest BCUT2D eigenvalue weighted by Gasteiger charge is -2.12. The average molecular weight is 383 g/mol. The molecule has 1 aliphatic carbocycles. The Labute approximate surface area is 132 Å². The van der Waals surface area contributed by atoms with Crippen LogP contribution >= 0.6 is 22.6 Å². The highest BCUT2D eigenvalue weighted by atomic mass is 127. The normalized spacial score (nSPS) is 14.6. The van der Waals surface area contributed by atoms with E-state index >= 15 is 0 Å². The van der Waals surface area contributed by atoms with E-state index in [1.165, 1.54) is 22.1 Å². The molecule has 20 heavy (non-hydrogen) atoms. The number of rotatable bonds is 5. The van der Waals surface area contributed by atoms with Crippen LogP contribution in [-0.2, 0) is 7.05 Å². The van der Waals surface area contributed by atoms with Crippen molar-refractivity contribution in [3.63, 3.8) is 0 Å². The highest BCUT2D eigenvalue weighted by Gasteiger charge is 2.29. The SMILES string of the molecule is CCCNc1nc(-c2ccnn2C)nc(C2CC2)c1I. The molecule has 2 aromatic rings. The van der Waals surface area contributed by atoms with Gasteiger partial charge in [-0.1, -0.05) is 6.92 Å². The van der Waals surface area contributed by atoms with Crippen molar-refractivity contribution in [3.8, 4) is 11.5 Å². The first-order chi connectivity index (χ1) is 9.70. The Balaban J connectivity index is 2.06. The second-order valence-corrected chi connectivity index (χ2v) is 6.21. The van der Waals surface area contributed by atoms with Crippen LogP contribution in [0.3, 0.4) is 0 Å². The number of nitrogens with zero attached hydrogens (tertiary/aromatic N) is 4. The molecule has 5 nitrogen and oxygen atoms in total. The molecule has 1 fully saturated rings. The van der Waals surface area contributed by atoms with Crippen LogP contribution in [-0.4, -0.2) is 26.3 Å². The van der Waals surface area contributed by atoms with Gasteiger partial charge in [0.05, 0.1) is 9.26 Å². The van der Waals surface area contributed by atoms with E-state index in [2.05, 4.69) is 39.9 Å². The molecule has 0 saturated heterocycles. The average Bonchev–Trinajstić information content (AvgIpc) is 3.20. The number of aromatic nitrogens is 4. The summed E-state index contributed by atoms with van der Waals surface area (Å²) in [6.07, 6.45) is 5.35. The number of aryl methyl sites for hydroxylation is 1. The van der Waals surface area contributed by atoms with Gasteiger partial charge in [-0.05, 0) is 47.9 Å². The minimum Gasteiger partial charge on any atom is -0.369 e. The highest BCUT2D eigenvalue weighted by molar-refractivity contribution is 14.1. The maximum absolute atomic E-state index is 4.79. The standard InChI is InChI=1S/C14H18IN5/c1-3-7-16-14-11(15)12(9-4-5-9)18-13(19-14)10-6-8-17-20(10)2/h6,8-9H,3-5,7H2,1-2H3,(H,16,18,19). The number of hydrogen-bond acceptors (Lipinski definition) is 4. The van der Waals surface area contributed by atoms with Crippen LogP contribution in [0.4, 0.5) is 5.82 Å². The summed E-state index contributed by atoms with van der Waals surface area (Å²) in [5.74, 6) is 2.34. The first-order valence-corrected chi connectivity index (χ1v) is 8.08. The fraction of sp³-hybridized carbons (Fsp3) is 0.500. The van der Waals surface area contributed by atoms with Crippen molar-refractivity contribution < 1.29 is 0 Å². The molecule has 3 rings (SSSR count). The molecule has 2 heterocycles. The molecule has 0 bridgehead atoms. The van der Waals surface area contributed by atoms with E-state index in [0.29, 0.717) is 5.92 Å². The van der Waals surface area contributed by atoms with Crippen molar-refractivity contribution in [2.45, 2.75) is 32.1 Å². The fourth-order valence-corrected chi connectivity index (χ4v) is 3.03. The molecule has 0 amide bonds. The second kappa shape index (κ2) is 5.67. The quantitative estimate of drug-likeness (QED) is 0.806. The van der Waals surface area contributed by atoms with E-state index in [9.17, 15) is 0 Å². The first kappa shape index (κ1) is 13.8. The molecule has 0 atom stereocenters. The number of hydrogen-bond donors (Lipinski definition) is 1. The largest absolute Gasteiger partial charge is 0.369 e. The molecule has 0 aliphatic heterocycles. The Hall–Kier alpha value is -1.18. The lowest BCUT2D eigenvalue weighted by molar-refractivity contribution is 0.768. The molecule has 1 saturated carbocycles. The van der Waals surface area contributed by atoms with Gasteiger partial charge in [0.2, 0.25) is 0 Å². The molecule has 1 aliphatic rings. The van der Waals surface area contributed by atoms with Crippen molar-refractivity contribution >= 4 is 28.4 Å². The van der Waals surface area contributed by atoms with E-state index in [0.717, 1.165) is 30.3 Å². The molecule has 0 spiro atoms. The van der Waals surface area contributed by atoms with Gasteiger partial charge in [0, 0.05) is 25.7 Å². The van der Waals surface area contributed by atoms with E-state index in [1.807, 2.05) is 17.8 Å². The van der Waals surface area contributed by atoms with E-state index in [4.69, 9.17) is 9.97 Å². The molecular weight excluding hydrogens is 365 g/mol. The lowest BCUT2D eigenvalue weighted by Crippen LogP contribution is -2.09. The Morgan fingerprint density at radius 1 is 1.40 bits per heavy atom. The van der Waals surface area contributed by atoms with Crippen LogP contribution in [0.1, 0.15) is 37.8 Å². The van der Waals surface area contributed by atoms with Gasteiger partial charge in [0.25, 0.3) is 0 Å². The molecular formula is C14H18IN5. The smallest absolute Gasteiger partial charge is 0.180 e. The van der Waals surface area contributed by atoms with Gasteiger partial charge < -0.3 is 5.32 Å². The number of halogens is 1. The number of nitrogens with one attached hydrogen (secondary N) is 1. The van der Waals surface area contributed by atoms with E-state index in [1.54, 1.807) is 6.20 Å². The van der Waals surface area contributed by atoms with Crippen molar-refractivity contribution in [2.24, 2.45) is 7.05 Å². The summed E-state index contributed by atoms with van der Waals surface area (Å²) < 4.78 is 2.99. The Morgan fingerprint density at radius 2 is 2.20 bits per heavy atom. The van der Waals surface area contributed by atoms with Crippen LogP contribution in [0.15, 0.2) is 12.3 Å². The number of anilines is 1. The van der Waals surface area contributed by atoms with Crippen LogP contribution in [0.5, 0.6) is 0 Å². The van der Waals surface area contributed by atoms with Crippen molar-refractivity contribution in [1.29, 1.82) is 0 Å². The van der Waals surface area contributed by atoms with Crippen LogP contribution in [0.2, 0.25) is 0 Å². The molecule has 0 radical (unpaired) electrons. The molecule has 2 aromatic heterocycles. The predicted octanol–water partition coefficient (Wildman–Crippen LogP) is 3.18. The molecule has 0 aromatic carbocycles. The van der Waals surface area contributed by atoms with Gasteiger partial charge in [-0.3, -0.25) is 4.68 Å². The summed E-state index contributed by atoms with van der Waals surface area (Å²) in [5.41, 5.74) is 2.15. The second-order valence-electron chi connectivity index (χ2n) is 5.14. The summed E-state index contributed by atoms with van der Waals surface area (Å²) in [6.45, 7) is 3.09. The van der Waals surface area contributed by atoms with Crippen molar-refractivity contribution in [1.82, 2.24) is 19.7 Å². The third-order valence-electron chi connectivity index (χ3n) is 3.43. The zero-order chi connectivity index (χ0) is 14.1. The zero-order valence-electron chi connectivity index (χ0n) is 11.7. The molecule has 6 heteroatoms. The van der Waals surface area contributed by atoms with Gasteiger partial charge in [0.1, 0.15) is 11.5 Å². The van der Waals surface area contributed by atoms with Gasteiger partial charge in [-0.2, -0.15) is 5.10 Å². The third kappa shape index (κ3) is 2.65. The summed E-state index contributed by atoms with van der Waals surface area (Å²) >= 11 is 2.37. The molecule has 106 valence electrons. The third-order valence-corrected chi connectivity index (χ3v) is 4.50. The lowest BCUT2D eigenvalue weighted by atomic mass is 10.2. The fourth-order valence-electron chi connectivity index (χ4n) is 2.16. The van der Waals surface area contributed by atoms with E-state index < -0.39 is 0 Å². The maximum atomic E-state index is 4.79. The van der Waals surface area contributed by atoms with Crippen molar-refractivity contribution in [3.05, 3.63) is 21.5 Å². The highest BCUT2D eigenvalue weighted by Crippen LogP contribution is 2.42. The van der Waals surface area contributed by atoms with Gasteiger partial charge in [-0.25, -0.2) is 9.97 Å². The van der Waals surface area contributed by atoms with Crippen molar-refractivity contribution in [2.75, 3.05) is 11.9 Å². The van der Waals surface area contributed by atoms with Crippen LogP contribution < -0.4 is 5.32 Å². The molecule has 0 unspecified atom stereocenters. The van der Waals surface area contributed by atoms with E-state index in [-0.39, 0.29) is 0 Å². The summed E-state index contributed by atoms with van der Waals surface area (Å²) in [4.78, 5) is 9.48. The Kier molecular flexibility index (Phi) is 3.91.